The van der Waals surface area contributed by atoms with Gasteiger partial charge in [0.2, 0.25) is 0 Å². The molecule has 1 fully saturated rings. The molecule has 1 saturated carbocycles. The Morgan fingerprint density at radius 3 is 2.60 bits per heavy atom. The summed E-state index contributed by atoms with van der Waals surface area (Å²) in [6.07, 6.45) is 6.62. The molecule has 0 spiro atoms. The molecule has 0 unspecified atom stereocenters. The summed E-state index contributed by atoms with van der Waals surface area (Å²) >= 11 is 0. The Morgan fingerprint density at radius 1 is 1.10 bits per heavy atom. The largest absolute Gasteiger partial charge is 0.490 e. The first-order valence-corrected chi connectivity index (χ1v) is 7.96. The van der Waals surface area contributed by atoms with Gasteiger partial charge >= 0.3 is 0 Å². The van der Waals surface area contributed by atoms with Crippen molar-refractivity contribution in [3.8, 4) is 11.5 Å². The van der Waals surface area contributed by atoms with Gasteiger partial charge in [-0.2, -0.15) is 0 Å². The Labute approximate surface area is 122 Å². The normalized spacial score (nSPS) is 16.1. The van der Waals surface area contributed by atoms with E-state index in [1.807, 2.05) is 6.92 Å². The lowest BCUT2D eigenvalue weighted by Gasteiger charge is -2.24. The van der Waals surface area contributed by atoms with E-state index >= 15 is 0 Å². The molecule has 0 aliphatic heterocycles. The molecule has 3 heteroatoms. The van der Waals surface area contributed by atoms with Crippen LogP contribution in [0, 0.1) is 0 Å². The molecule has 0 heterocycles. The number of hydrogen-bond acceptors (Lipinski definition) is 3. The molecule has 1 aliphatic rings. The summed E-state index contributed by atoms with van der Waals surface area (Å²) in [5.74, 6) is 1.78. The Morgan fingerprint density at radius 2 is 1.90 bits per heavy atom. The standard InChI is InChI=1S/C17H27NO2/c1-3-18-13-14-10-11-16(17(12-14)19-4-2)20-15-8-6-5-7-9-15/h10-12,15,18H,3-9,13H2,1-2H3. The highest BCUT2D eigenvalue weighted by Crippen LogP contribution is 2.32. The predicted molar refractivity (Wildman–Crippen MR) is 82.5 cm³/mol. The number of ether oxygens (including phenoxy) is 2. The van der Waals surface area contributed by atoms with Crippen LogP contribution in [0.1, 0.15) is 51.5 Å². The van der Waals surface area contributed by atoms with Crippen molar-refractivity contribution in [2.45, 2.75) is 58.6 Å². The zero-order valence-electron chi connectivity index (χ0n) is 12.8. The summed E-state index contributed by atoms with van der Waals surface area (Å²) in [5.41, 5.74) is 1.24. The highest BCUT2D eigenvalue weighted by Gasteiger charge is 2.17. The molecule has 112 valence electrons. The highest BCUT2D eigenvalue weighted by molar-refractivity contribution is 5.43. The van der Waals surface area contributed by atoms with Crippen LogP contribution in [-0.2, 0) is 6.54 Å². The lowest BCUT2D eigenvalue weighted by atomic mass is 9.98. The van der Waals surface area contributed by atoms with Crippen molar-refractivity contribution in [3.63, 3.8) is 0 Å². The van der Waals surface area contributed by atoms with Crippen LogP contribution in [0.2, 0.25) is 0 Å². The van der Waals surface area contributed by atoms with Crippen LogP contribution < -0.4 is 14.8 Å². The maximum atomic E-state index is 6.15. The van der Waals surface area contributed by atoms with Crippen molar-refractivity contribution in [2.24, 2.45) is 0 Å². The lowest BCUT2D eigenvalue weighted by Crippen LogP contribution is -2.20. The van der Waals surface area contributed by atoms with E-state index in [-0.39, 0.29) is 0 Å². The van der Waals surface area contributed by atoms with Crippen LogP contribution in [0.4, 0.5) is 0 Å². The van der Waals surface area contributed by atoms with E-state index in [1.165, 1.54) is 37.7 Å². The van der Waals surface area contributed by atoms with Crippen molar-refractivity contribution in [2.75, 3.05) is 13.2 Å². The van der Waals surface area contributed by atoms with Crippen LogP contribution in [0.3, 0.4) is 0 Å². The molecule has 1 aliphatic carbocycles. The van der Waals surface area contributed by atoms with Crippen LogP contribution in [0.15, 0.2) is 18.2 Å². The van der Waals surface area contributed by atoms with E-state index in [1.54, 1.807) is 0 Å². The number of benzene rings is 1. The summed E-state index contributed by atoms with van der Waals surface area (Å²) in [4.78, 5) is 0. The van der Waals surface area contributed by atoms with Gasteiger partial charge in [-0.15, -0.1) is 0 Å². The highest BCUT2D eigenvalue weighted by atomic mass is 16.5. The summed E-state index contributed by atoms with van der Waals surface area (Å²) < 4.78 is 11.9. The van der Waals surface area contributed by atoms with E-state index in [9.17, 15) is 0 Å². The molecule has 0 bridgehead atoms. The van der Waals surface area contributed by atoms with E-state index in [0.29, 0.717) is 12.7 Å². The quantitative estimate of drug-likeness (QED) is 0.819. The summed E-state index contributed by atoms with van der Waals surface area (Å²) in [6, 6.07) is 6.29. The fraction of sp³-hybridized carbons (Fsp3) is 0.647. The maximum Gasteiger partial charge on any atom is 0.161 e. The monoisotopic (exact) mass is 277 g/mol. The molecule has 0 atom stereocenters. The molecule has 20 heavy (non-hydrogen) atoms. The molecule has 0 aromatic heterocycles. The maximum absolute atomic E-state index is 6.15. The zero-order valence-corrected chi connectivity index (χ0v) is 12.8. The first-order chi connectivity index (χ1) is 9.83. The van der Waals surface area contributed by atoms with Gasteiger partial charge in [-0.3, -0.25) is 0 Å². The smallest absolute Gasteiger partial charge is 0.161 e. The molecular formula is C17H27NO2. The van der Waals surface area contributed by atoms with Crippen LogP contribution in [-0.4, -0.2) is 19.3 Å². The molecule has 1 N–H and O–H groups in total. The first-order valence-electron chi connectivity index (χ1n) is 7.96. The van der Waals surface area contributed by atoms with E-state index < -0.39 is 0 Å². The van der Waals surface area contributed by atoms with Gasteiger partial charge in [0.1, 0.15) is 0 Å². The van der Waals surface area contributed by atoms with Crippen molar-refractivity contribution < 1.29 is 9.47 Å². The second-order valence-corrected chi connectivity index (χ2v) is 5.37. The minimum atomic E-state index is 0.363. The molecule has 1 aromatic rings. The van der Waals surface area contributed by atoms with Crippen molar-refractivity contribution >= 4 is 0 Å². The average molecular weight is 277 g/mol. The summed E-state index contributed by atoms with van der Waals surface area (Å²) in [7, 11) is 0. The molecule has 1 aromatic carbocycles. The molecule has 0 amide bonds. The van der Waals surface area contributed by atoms with E-state index in [0.717, 1.165) is 24.6 Å². The number of rotatable bonds is 7. The van der Waals surface area contributed by atoms with Crippen LogP contribution in [0.25, 0.3) is 0 Å². The van der Waals surface area contributed by atoms with E-state index in [4.69, 9.17) is 9.47 Å². The Kier molecular flexibility index (Phi) is 6.19. The van der Waals surface area contributed by atoms with Crippen molar-refractivity contribution in [3.05, 3.63) is 23.8 Å². The van der Waals surface area contributed by atoms with Crippen LogP contribution in [0.5, 0.6) is 11.5 Å². The fourth-order valence-corrected chi connectivity index (χ4v) is 2.66. The topological polar surface area (TPSA) is 30.5 Å². The summed E-state index contributed by atoms with van der Waals surface area (Å²) in [5, 5.41) is 3.34. The zero-order chi connectivity index (χ0) is 14.2. The number of nitrogens with one attached hydrogen (secondary N) is 1. The first kappa shape index (κ1) is 15.2. The van der Waals surface area contributed by atoms with Crippen molar-refractivity contribution in [1.82, 2.24) is 5.32 Å². The van der Waals surface area contributed by atoms with Gasteiger partial charge in [-0.1, -0.05) is 19.4 Å². The van der Waals surface area contributed by atoms with Gasteiger partial charge in [0.05, 0.1) is 12.7 Å². The Bertz CT molecular complexity index is 400. The van der Waals surface area contributed by atoms with Crippen LogP contribution >= 0.6 is 0 Å². The minimum absolute atomic E-state index is 0.363. The third-order valence-corrected chi connectivity index (χ3v) is 3.73. The summed E-state index contributed by atoms with van der Waals surface area (Å²) in [6.45, 7) is 6.65. The fourth-order valence-electron chi connectivity index (χ4n) is 2.66. The predicted octanol–water partition coefficient (Wildman–Crippen LogP) is 3.91. The Balaban J connectivity index is 2.05. The molecule has 0 saturated heterocycles. The molecule has 2 rings (SSSR count). The van der Waals surface area contributed by atoms with Gasteiger partial charge in [0, 0.05) is 6.54 Å². The minimum Gasteiger partial charge on any atom is -0.490 e. The molecule has 3 nitrogen and oxygen atoms in total. The molecular weight excluding hydrogens is 250 g/mol. The lowest BCUT2D eigenvalue weighted by molar-refractivity contribution is 0.147. The SMILES string of the molecule is CCNCc1ccc(OC2CCCCC2)c(OCC)c1. The second kappa shape index (κ2) is 8.15. The third-order valence-electron chi connectivity index (χ3n) is 3.73. The van der Waals surface area contributed by atoms with Crippen molar-refractivity contribution in [1.29, 1.82) is 0 Å². The third kappa shape index (κ3) is 4.41. The van der Waals surface area contributed by atoms with Gasteiger partial charge in [0.15, 0.2) is 11.5 Å². The van der Waals surface area contributed by atoms with E-state index in [2.05, 4.69) is 30.4 Å². The van der Waals surface area contributed by atoms with Gasteiger partial charge < -0.3 is 14.8 Å². The van der Waals surface area contributed by atoms with Gasteiger partial charge in [0.25, 0.3) is 0 Å². The Hall–Kier alpha value is -1.22. The van der Waals surface area contributed by atoms with Gasteiger partial charge in [-0.05, 0) is 56.8 Å². The second-order valence-electron chi connectivity index (χ2n) is 5.37. The molecule has 0 radical (unpaired) electrons. The average Bonchev–Trinajstić information content (AvgIpc) is 2.49. The number of hydrogen-bond donors (Lipinski definition) is 1. The van der Waals surface area contributed by atoms with Gasteiger partial charge in [-0.25, -0.2) is 0 Å².